The van der Waals surface area contributed by atoms with Crippen molar-refractivity contribution in [1.29, 1.82) is 0 Å². The molecule has 0 saturated heterocycles. The summed E-state index contributed by atoms with van der Waals surface area (Å²) in [6, 6.07) is 0.971. The third-order valence-corrected chi connectivity index (χ3v) is 8.20. The van der Waals surface area contributed by atoms with Gasteiger partial charge in [-0.15, -0.1) is 0 Å². The molecule has 1 aromatic rings. The van der Waals surface area contributed by atoms with Crippen molar-refractivity contribution in [3.05, 3.63) is 29.3 Å². The number of hydrogen-bond donors (Lipinski definition) is 2. The topological polar surface area (TPSA) is 50.4 Å². The van der Waals surface area contributed by atoms with Crippen LogP contribution >= 0.6 is 30.3 Å². The number of thiocarbonyl (C=S) groups is 1. The van der Waals surface area contributed by atoms with Gasteiger partial charge in [-0.1, -0.05) is 13.8 Å². The third kappa shape index (κ3) is 7.81. The van der Waals surface area contributed by atoms with Crippen molar-refractivity contribution in [1.82, 2.24) is 5.09 Å². The van der Waals surface area contributed by atoms with Crippen molar-refractivity contribution < 1.29 is 35.4 Å². The van der Waals surface area contributed by atoms with Crippen LogP contribution in [0.1, 0.15) is 38.3 Å². The molecule has 1 aromatic carbocycles. The summed E-state index contributed by atoms with van der Waals surface area (Å²) in [6.07, 6.45) is -9.31. The van der Waals surface area contributed by atoms with Gasteiger partial charge in [-0.25, -0.2) is 0 Å². The monoisotopic (exact) mass is 468 g/mol. The molecule has 0 saturated carbocycles. The summed E-state index contributed by atoms with van der Waals surface area (Å²) in [7, 11) is 0. The number of nitrogens with one attached hydrogen (secondary N) is 2. The molecule has 28 heavy (non-hydrogen) atoms. The Balaban J connectivity index is 3.11. The molecular weight excluding hydrogens is 449 g/mol. The average molecular weight is 468 g/mol. The standard InChI is InChI=1S/C15H19F6N2O2PS2/c1-4-9(3)28-26(24,25-5-2)23-13(27)22-12-7-10(14(16,17)18)6-11(8-12)15(19,20)21/h6-9H,4-5H2,1-3H3,(H2,22,23,24,27). The first kappa shape index (κ1) is 25.1. The molecule has 0 radical (unpaired) electrons. The van der Waals surface area contributed by atoms with Crippen LogP contribution in [0.3, 0.4) is 0 Å². The SMILES string of the molecule is CCOP(=O)(NC(=S)Nc1cc(C(F)(F)F)cc(C(F)(F)F)c1)SC(C)CC. The molecule has 0 amide bonds. The lowest BCUT2D eigenvalue weighted by molar-refractivity contribution is -0.143. The molecule has 0 aliphatic heterocycles. The Morgan fingerprint density at radius 3 is 2.04 bits per heavy atom. The van der Waals surface area contributed by atoms with E-state index in [1.165, 1.54) is 0 Å². The number of hydrogen-bond acceptors (Lipinski definition) is 4. The van der Waals surface area contributed by atoms with E-state index in [1.54, 1.807) is 13.8 Å². The molecule has 1 rings (SSSR count). The first-order valence-corrected chi connectivity index (χ1v) is 11.5. The summed E-state index contributed by atoms with van der Waals surface area (Å²) in [5.74, 6) is 0. The summed E-state index contributed by atoms with van der Waals surface area (Å²) >= 11 is 5.87. The summed E-state index contributed by atoms with van der Waals surface area (Å²) < 4.78 is 95.5. The quantitative estimate of drug-likeness (QED) is 0.264. The molecule has 4 nitrogen and oxygen atoms in total. The maximum atomic E-state index is 12.9. The fraction of sp³-hybridized carbons (Fsp3) is 0.533. The molecule has 0 bridgehead atoms. The molecule has 0 heterocycles. The highest BCUT2D eigenvalue weighted by molar-refractivity contribution is 8.56. The van der Waals surface area contributed by atoms with Crippen molar-refractivity contribution in [2.45, 2.75) is 44.8 Å². The Morgan fingerprint density at radius 2 is 1.64 bits per heavy atom. The highest BCUT2D eigenvalue weighted by Gasteiger charge is 2.37. The van der Waals surface area contributed by atoms with Crippen LogP contribution in [-0.2, 0) is 21.4 Å². The van der Waals surface area contributed by atoms with Gasteiger partial charge in [0.05, 0.1) is 17.7 Å². The highest BCUT2D eigenvalue weighted by Crippen LogP contribution is 2.58. The molecule has 0 fully saturated rings. The van der Waals surface area contributed by atoms with E-state index in [4.69, 9.17) is 16.7 Å². The molecule has 0 spiro atoms. The Hall–Kier alpha value is -0.970. The first-order valence-electron chi connectivity index (χ1n) is 8.02. The summed E-state index contributed by atoms with van der Waals surface area (Å²) in [5, 5.41) is 4.10. The van der Waals surface area contributed by atoms with Crippen molar-refractivity contribution in [2.24, 2.45) is 0 Å². The van der Waals surface area contributed by atoms with E-state index < -0.39 is 41.0 Å². The second kappa shape index (κ2) is 9.69. The zero-order valence-electron chi connectivity index (χ0n) is 15.1. The molecule has 2 N–H and O–H groups in total. The van der Waals surface area contributed by atoms with Crippen LogP contribution in [-0.4, -0.2) is 17.0 Å². The zero-order valence-corrected chi connectivity index (χ0v) is 17.6. The largest absolute Gasteiger partial charge is 0.416 e. The van der Waals surface area contributed by atoms with Gasteiger partial charge in [-0.2, -0.15) is 26.3 Å². The lowest BCUT2D eigenvalue weighted by Crippen LogP contribution is -2.27. The van der Waals surface area contributed by atoms with Crippen LogP contribution in [0.25, 0.3) is 0 Å². The second-order valence-electron chi connectivity index (χ2n) is 5.60. The van der Waals surface area contributed by atoms with E-state index in [9.17, 15) is 30.9 Å². The smallest absolute Gasteiger partial charge is 0.332 e. The molecule has 2 atom stereocenters. The molecular formula is C15H19F6N2O2PS2. The van der Waals surface area contributed by atoms with E-state index in [0.29, 0.717) is 18.6 Å². The van der Waals surface area contributed by atoms with Gasteiger partial charge in [-0.3, -0.25) is 9.65 Å². The maximum Gasteiger partial charge on any atom is 0.416 e. The van der Waals surface area contributed by atoms with E-state index in [1.807, 2.05) is 6.92 Å². The van der Waals surface area contributed by atoms with Crippen molar-refractivity contribution in [3.8, 4) is 0 Å². The minimum Gasteiger partial charge on any atom is -0.332 e. The third-order valence-electron chi connectivity index (χ3n) is 3.28. The summed E-state index contributed by atoms with van der Waals surface area (Å²) in [6.45, 7) is 1.74. The van der Waals surface area contributed by atoms with E-state index >= 15 is 0 Å². The molecule has 0 aliphatic carbocycles. The minimum atomic E-state index is -4.99. The number of halogens is 6. The number of rotatable bonds is 7. The Morgan fingerprint density at radius 1 is 1.14 bits per heavy atom. The van der Waals surface area contributed by atoms with Crippen molar-refractivity contribution in [2.75, 3.05) is 11.9 Å². The molecule has 2 unspecified atom stereocenters. The minimum absolute atomic E-state index is 0.00548. The summed E-state index contributed by atoms with van der Waals surface area (Å²) in [4.78, 5) is 0. The van der Waals surface area contributed by atoms with Gasteiger partial charge in [0.1, 0.15) is 0 Å². The van der Waals surface area contributed by atoms with E-state index in [2.05, 4.69) is 10.4 Å². The van der Waals surface area contributed by atoms with E-state index in [0.717, 1.165) is 11.4 Å². The Bertz CT molecular complexity index is 710. The molecule has 160 valence electrons. The van der Waals surface area contributed by atoms with Gasteiger partial charge in [0.15, 0.2) is 5.11 Å². The second-order valence-corrected chi connectivity index (χ2v) is 10.6. The van der Waals surface area contributed by atoms with Gasteiger partial charge in [0, 0.05) is 10.9 Å². The lowest BCUT2D eigenvalue weighted by Gasteiger charge is -2.23. The van der Waals surface area contributed by atoms with Gasteiger partial charge < -0.3 is 9.84 Å². The van der Waals surface area contributed by atoms with Crippen LogP contribution in [0.5, 0.6) is 0 Å². The van der Waals surface area contributed by atoms with Crippen LogP contribution in [0.2, 0.25) is 0 Å². The van der Waals surface area contributed by atoms with Crippen molar-refractivity contribution in [3.63, 3.8) is 0 Å². The number of alkyl halides is 6. The Kier molecular flexibility index (Phi) is 8.67. The first-order chi connectivity index (χ1) is 12.7. The highest BCUT2D eigenvalue weighted by atomic mass is 32.7. The predicted octanol–water partition coefficient (Wildman–Crippen LogP) is 6.69. The fourth-order valence-electron chi connectivity index (χ4n) is 1.88. The Labute approximate surface area is 168 Å². The maximum absolute atomic E-state index is 12.9. The van der Waals surface area contributed by atoms with Crippen LogP contribution < -0.4 is 10.4 Å². The van der Waals surface area contributed by atoms with Crippen LogP contribution in [0.4, 0.5) is 32.0 Å². The molecule has 0 aromatic heterocycles. The average Bonchev–Trinajstić information content (AvgIpc) is 2.52. The lowest BCUT2D eigenvalue weighted by atomic mass is 10.1. The fourth-order valence-corrected chi connectivity index (χ4v) is 6.78. The predicted molar refractivity (Wildman–Crippen MR) is 102 cm³/mol. The summed E-state index contributed by atoms with van der Waals surface area (Å²) in [5.41, 5.74) is -3.53. The van der Waals surface area contributed by atoms with Gasteiger partial charge in [0.25, 0.3) is 0 Å². The van der Waals surface area contributed by atoms with Gasteiger partial charge >= 0.3 is 19.1 Å². The zero-order chi connectivity index (χ0) is 21.8. The molecule has 13 heteroatoms. The van der Waals surface area contributed by atoms with Gasteiger partial charge in [0.2, 0.25) is 0 Å². The number of anilines is 1. The molecule has 0 aliphatic rings. The van der Waals surface area contributed by atoms with E-state index in [-0.39, 0.29) is 17.9 Å². The number of benzene rings is 1. The normalized spacial score (nSPS) is 15.6. The van der Waals surface area contributed by atoms with Crippen LogP contribution in [0, 0.1) is 0 Å². The van der Waals surface area contributed by atoms with Crippen LogP contribution in [0.15, 0.2) is 18.2 Å². The van der Waals surface area contributed by atoms with Crippen molar-refractivity contribution >= 4 is 41.1 Å². The van der Waals surface area contributed by atoms with Gasteiger partial charge in [-0.05, 0) is 55.1 Å².